The maximum absolute atomic E-state index is 11.8. The van der Waals surface area contributed by atoms with Gasteiger partial charge in [-0.1, -0.05) is 12.1 Å². The number of hydrogen-bond acceptors (Lipinski definition) is 3. The molecule has 0 aliphatic heterocycles. The van der Waals surface area contributed by atoms with Gasteiger partial charge in [-0.2, -0.15) is 0 Å². The summed E-state index contributed by atoms with van der Waals surface area (Å²) in [6, 6.07) is 9.76. The van der Waals surface area contributed by atoms with Gasteiger partial charge >= 0.3 is 6.03 Å². The first kappa shape index (κ1) is 13.7. The van der Waals surface area contributed by atoms with Crippen LogP contribution in [0.3, 0.4) is 0 Å². The molecule has 0 bridgehead atoms. The van der Waals surface area contributed by atoms with Crippen LogP contribution in [-0.2, 0) is 6.54 Å². The van der Waals surface area contributed by atoms with E-state index >= 15 is 0 Å². The molecule has 6 nitrogen and oxygen atoms in total. The first-order valence-electron chi connectivity index (χ1n) is 6.04. The molecule has 6 heteroatoms. The lowest BCUT2D eigenvalue weighted by Gasteiger charge is -2.05. The van der Waals surface area contributed by atoms with Crippen molar-refractivity contribution in [1.82, 2.24) is 5.32 Å². The molecule has 0 saturated carbocycles. The van der Waals surface area contributed by atoms with Crippen molar-refractivity contribution in [2.24, 2.45) is 5.73 Å². The number of rotatable bonds is 4. The molecule has 0 spiro atoms. The van der Waals surface area contributed by atoms with Crippen LogP contribution in [0.4, 0.5) is 10.5 Å². The number of anilines is 1. The third-order valence-electron chi connectivity index (χ3n) is 2.64. The Morgan fingerprint density at radius 3 is 2.40 bits per heavy atom. The van der Waals surface area contributed by atoms with Gasteiger partial charge in [-0.25, -0.2) is 4.79 Å². The molecule has 0 aliphatic carbocycles. The molecule has 0 fully saturated rings. The lowest BCUT2D eigenvalue weighted by Crippen LogP contribution is -2.22. The normalized spacial score (nSPS) is 10.1. The van der Waals surface area contributed by atoms with Crippen LogP contribution in [-0.4, -0.2) is 11.9 Å². The minimum absolute atomic E-state index is 0.266. The van der Waals surface area contributed by atoms with Crippen LogP contribution in [0, 0.1) is 6.92 Å². The molecule has 1 aromatic heterocycles. The van der Waals surface area contributed by atoms with E-state index in [0.29, 0.717) is 18.0 Å². The van der Waals surface area contributed by atoms with Crippen molar-refractivity contribution < 1.29 is 14.0 Å². The van der Waals surface area contributed by atoms with Crippen LogP contribution in [0.1, 0.15) is 21.9 Å². The van der Waals surface area contributed by atoms with Crippen molar-refractivity contribution in [3.05, 3.63) is 53.5 Å². The highest BCUT2D eigenvalue weighted by atomic mass is 16.3. The zero-order valence-corrected chi connectivity index (χ0v) is 11.0. The Labute approximate surface area is 116 Å². The molecule has 104 valence electrons. The van der Waals surface area contributed by atoms with Gasteiger partial charge in [-0.3, -0.25) is 4.79 Å². The predicted molar refractivity (Wildman–Crippen MR) is 74.3 cm³/mol. The summed E-state index contributed by atoms with van der Waals surface area (Å²) in [5, 5.41) is 5.21. The maximum atomic E-state index is 11.8. The number of hydrogen-bond donors (Lipinski definition) is 3. The number of aryl methyl sites for hydroxylation is 1. The Kier molecular flexibility index (Phi) is 4.05. The van der Waals surface area contributed by atoms with Gasteiger partial charge in [0.05, 0.1) is 0 Å². The van der Waals surface area contributed by atoms with E-state index in [0.717, 1.165) is 5.56 Å². The van der Waals surface area contributed by atoms with Crippen molar-refractivity contribution >= 4 is 17.6 Å². The van der Waals surface area contributed by atoms with E-state index in [1.54, 1.807) is 43.3 Å². The highest BCUT2D eigenvalue weighted by Crippen LogP contribution is 2.10. The molecule has 0 saturated heterocycles. The Bertz CT molecular complexity index is 617. The van der Waals surface area contributed by atoms with Gasteiger partial charge in [0.15, 0.2) is 5.76 Å². The van der Waals surface area contributed by atoms with Crippen LogP contribution in [0.25, 0.3) is 0 Å². The third kappa shape index (κ3) is 3.61. The number of amides is 3. The number of furan rings is 1. The molecule has 0 radical (unpaired) electrons. The zero-order chi connectivity index (χ0) is 14.5. The fourth-order valence-corrected chi connectivity index (χ4v) is 1.67. The second-order valence-electron chi connectivity index (χ2n) is 4.28. The van der Waals surface area contributed by atoms with E-state index in [2.05, 4.69) is 10.6 Å². The van der Waals surface area contributed by atoms with E-state index in [-0.39, 0.29) is 11.7 Å². The highest BCUT2D eigenvalue weighted by molar-refractivity contribution is 5.91. The van der Waals surface area contributed by atoms with Crippen molar-refractivity contribution in [3.8, 4) is 0 Å². The topological polar surface area (TPSA) is 97.4 Å². The summed E-state index contributed by atoms with van der Waals surface area (Å²) >= 11 is 0. The minimum atomic E-state index is -0.612. The van der Waals surface area contributed by atoms with Crippen molar-refractivity contribution in [1.29, 1.82) is 0 Å². The van der Waals surface area contributed by atoms with E-state index in [4.69, 9.17) is 10.2 Å². The SMILES string of the molecule is Cc1ccc(C(=O)NCc2ccc(NC(N)=O)cc2)o1. The van der Waals surface area contributed by atoms with Crippen molar-refractivity contribution in [2.45, 2.75) is 13.5 Å². The van der Waals surface area contributed by atoms with E-state index in [1.807, 2.05) is 0 Å². The van der Waals surface area contributed by atoms with Gasteiger partial charge in [-0.15, -0.1) is 0 Å². The summed E-state index contributed by atoms with van der Waals surface area (Å²) in [7, 11) is 0. The molecule has 0 atom stereocenters. The second-order valence-corrected chi connectivity index (χ2v) is 4.28. The van der Waals surface area contributed by atoms with Gasteiger partial charge in [0.25, 0.3) is 5.91 Å². The molecular weight excluding hydrogens is 258 g/mol. The summed E-state index contributed by atoms with van der Waals surface area (Å²) < 4.78 is 5.22. The molecule has 3 amide bonds. The number of primary amides is 1. The first-order valence-corrected chi connectivity index (χ1v) is 6.04. The zero-order valence-electron chi connectivity index (χ0n) is 11.0. The lowest BCUT2D eigenvalue weighted by atomic mass is 10.2. The van der Waals surface area contributed by atoms with E-state index in [9.17, 15) is 9.59 Å². The van der Waals surface area contributed by atoms with Crippen LogP contribution >= 0.6 is 0 Å². The van der Waals surface area contributed by atoms with Crippen molar-refractivity contribution in [2.75, 3.05) is 5.32 Å². The van der Waals surface area contributed by atoms with Crippen molar-refractivity contribution in [3.63, 3.8) is 0 Å². The van der Waals surface area contributed by atoms with E-state index in [1.165, 1.54) is 0 Å². The van der Waals surface area contributed by atoms with Gasteiger partial charge in [0.2, 0.25) is 0 Å². The average Bonchev–Trinajstić information content (AvgIpc) is 2.84. The van der Waals surface area contributed by atoms with Crippen LogP contribution in [0.5, 0.6) is 0 Å². The fraction of sp³-hybridized carbons (Fsp3) is 0.143. The third-order valence-corrected chi connectivity index (χ3v) is 2.64. The molecule has 1 aromatic carbocycles. The lowest BCUT2D eigenvalue weighted by molar-refractivity contribution is 0.0922. The Hall–Kier alpha value is -2.76. The Morgan fingerprint density at radius 1 is 1.15 bits per heavy atom. The van der Waals surface area contributed by atoms with Gasteiger partial charge < -0.3 is 20.8 Å². The molecule has 4 N–H and O–H groups in total. The van der Waals surface area contributed by atoms with E-state index < -0.39 is 6.03 Å². The molecule has 2 rings (SSSR count). The fourth-order valence-electron chi connectivity index (χ4n) is 1.67. The number of carbonyl (C=O) groups excluding carboxylic acids is 2. The molecule has 0 aliphatic rings. The highest BCUT2D eigenvalue weighted by Gasteiger charge is 2.09. The number of benzene rings is 1. The standard InChI is InChI=1S/C14H15N3O3/c1-9-2-7-12(20-9)13(18)16-8-10-3-5-11(6-4-10)17-14(15)19/h2-7H,8H2,1H3,(H,16,18)(H3,15,17,19). The molecule has 1 heterocycles. The Morgan fingerprint density at radius 2 is 1.85 bits per heavy atom. The average molecular weight is 273 g/mol. The number of urea groups is 1. The Balaban J connectivity index is 1.90. The summed E-state index contributed by atoms with van der Waals surface area (Å²) in [5.41, 5.74) is 6.52. The number of carbonyl (C=O) groups is 2. The van der Waals surface area contributed by atoms with Crippen LogP contribution < -0.4 is 16.4 Å². The first-order chi connectivity index (χ1) is 9.54. The van der Waals surface area contributed by atoms with Crippen LogP contribution in [0.2, 0.25) is 0 Å². The summed E-state index contributed by atoms with van der Waals surface area (Å²) in [5.74, 6) is 0.712. The molecule has 20 heavy (non-hydrogen) atoms. The summed E-state index contributed by atoms with van der Waals surface area (Å²) in [6.45, 7) is 2.15. The smallest absolute Gasteiger partial charge is 0.316 e. The maximum Gasteiger partial charge on any atom is 0.316 e. The van der Waals surface area contributed by atoms with Gasteiger partial charge in [0.1, 0.15) is 5.76 Å². The van der Waals surface area contributed by atoms with Gasteiger partial charge in [0, 0.05) is 12.2 Å². The summed E-state index contributed by atoms with van der Waals surface area (Å²) in [4.78, 5) is 22.4. The predicted octanol–water partition coefficient (Wildman–Crippen LogP) is 2.01. The summed E-state index contributed by atoms with van der Waals surface area (Å²) in [6.07, 6.45) is 0. The molecular formula is C14H15N3O3. The van der Waals surface area contributed by atoms with Gasteiger partial charge in [-0.05, 0) is 36.8 Å². The quantitative estimate of drug-likeness (QED) is 0.794. The second kappa shape index (κ2) is 5.92. The molecule has 2 aromatic rings. The minimum Gasteiger partial charge on any atom is -0.456 e. The number of nitrogens with two attached hydrogens (primary N) is 1. The van der Waals surface area contributed by atoms with Crippen LogP contribution in [0.15, 0.2) is 40.8 Å². The largest absolute Gasteiger partial charge is 0.456 e. The monoisotopic (exact) mass is 273 g/mol. The molecule has 0 unspecified atom stereocenters. The number of nitrogens with one attached hydrogen (secondary N) is 2.